The lowest BCUT2D eigenvalue weighted by atomic mass is 9.98. The molecular formula is C22H28N2O4S. The molecule has 0 saturated carbocycles. The second-order valence-corrected chi connectivity index (χ2v) is 9.58. The van der Waals surface area contributed by atoms with Crippen molar-refractivity contribution in [3.05, 3.63) is 54.1 Å². The highest BCUT2D eigenvalue weighted by Crippen LogP contribution is 2.26. The zero-order chi connectivity index (χ0) is 21.0. The fourth-order valence-electron chi connectivity index (χ4n) is 3.47. The summed E-state index contributed by atoms with van der Waals surface area (Å²) in [5, 5.41) is 2.93. The van der Waals surface area contributed by atoms with Crippen molar-refractivity contribution in [1.29, 1.82) is 0 Å². The van der Waals surface area contributed by atoms with Crippen LogP contribution >= 0.6 is 0 Å². The largest absolute Gasteiger partial charge is 0.497 e. The first-order valence-electron chi connectivity index (χ1n) is 9.86. The van der Waals surface area contributed by atoms with Gasteiger partial charge in [-0.25, -0.2) is 8.42 Å². The Morgan fingerprint density at radius 3 is 2.34 bits per heavy atom. The summed E-state index contributed by atoms with van der Waals surface area (Å²) in [6, 6.07) is 14.1. The molecule has 0 bridgehead atoms. The summed E-state index contributed by atoms with van der Waals surface area (Å²) in [5.74, 6) is 0.511. The molecule has 0 unspecified atom stereocenters. The second-order valence-electron chi connectivity index (χ2n) is 7.64. The minimum atomic E-state index is -3.64. The van der Waals surface area contributed by atoms with Crippen molar-refractivity contribution in [3.63, 3.8) is 0 Å². The van der Waals surface area contributed by atoms with Gasteiger partial charge in [-0.05, 0) is 60.7 Å². The smallest absolute Gasteiger partial charge is 0.243 e. The Bertz CT molecular complexity index is 938. The number of nitrogens with one attached hydrogen (secondary N) is 1. The molecule has 0 radical (unpaired) electrons. The number of sulfonamides is 1. The molecule has 1 amide bonds. The number of hydrogen-bond donors (Lipinski definition) is 1. The molecule has 1 N–H and O–H groups in total. The lowest BCUT2D eigenvalue weighted by Crippen LogP contribution is -2.43. The molecule has 1 saturated heterocycles. The van der Waals surface area contributed by atoms with E-state index in [1.165, 1.54) is 29.1 Å². The van der Waals surface area contributed by atoms with Crippen LogP contribution in [0.3, 0.4) is 0 Å². The van der Waals surface area contributed by atoms with Crippen LogP contribution in [0.25, 0.3) is 0 Å². The molecule has 29 heavy (non-hydrogen) atoms. The zero-order valence-corrected chi connectivity index (χ0v) is 17.9. The molecule has 1 heterocycles. The van der Waals surface area contributed by atoms with Gasteiger partial charge in [-0.1, -0.05) is 26.0 Å². The third-order valence-corrected chi connectivity index (χ3v) is 7.18. The van der Waals surface area contributed by atoms with Crippen LogP contribution in [0, 0.1) is 5.92 Å². The predicted molar refractivity (Wildman–Crippen MR) is 114 cm³/mol. The molecule has 0 aromatic heterocycles. The van der Waals surface area contributed by atoms with Gasteiger partial charge in [-0.2, -0.15) is 4.31 Å². The zero-order valence-electron chi connectivity index (χ0n) is 17.1. The Hall–Kier alpha value is -2.38. The van der Waals surface area contributed by atoms with Gasteiger partial charge in [0.15, 0.2) is 0 Å². The highest BCUT2D eigenvalue weighted by Gasteiger charge is 2.33. The van der Waals surface area contributed by atoms with Gasteiger partial charge < -0.3 is 10.1 Å². The summed E-state index contributed by atoms with van der Waals surface area (Å²) < 4.78 is 32.4. The van der Waals surface area contributed by atoms with Crippen LogP contribution in [0.4, 0.5) is 5.69 Å². The molecule has 7 heteroatoms. The normalized spacial score (nSPS) is 17.9. The van der Waals surface area contributed by atoms with E-state index in [1.54, 1.807) is 12.1 Å². The number of carbonyl (C=O) groups is 1. The Balaban J connectivity index is 1.68. The lowest BCUT2D eigenvalue weighted by molar-refractivity contribution is -0.120. The number of hydrogen-bond acceptors (Lipinski definition) is 4. The van der Waals surface area contributed by atoms with Crippen molar-refractivity contribution in [2.75, 3.05) is 25.5 Å². The van der Waals surface area contributed by atoms with Crippen LogP contribution in [-0.4, -0.2) is 38.8 Å². The van der Waals surface area contributed by atoms with Crippen molar-refractivity contribution in [1.82, 2.24) is 4.31 Å². The fourth-order valence-corrected chi connectivity index (χ4v) is 4.99. The fraction of sp³-hybridized carbons (Fsp3) is 0.409. The average molecular weight is 417 g/mol. The highest BCUT2D eigenvalue weighted by atomic mass is 32.2. The molecule has 156 valence electrons. The van der Waals surface area contributed by atoms with Crippen LogP contribution in [0.2, 0.25) is 0 Å². The second kappa shape index (κ2) is 8.97. The summed E-state index contributed by atoms with van der Waals surface area (Å²) in [6.45, 7) is 4.84. The van der Waals surface area contributed by atoms with E-state index in [1.807, 2.05) is 24.3 Å². The third kappa shape index (κ3) is 4.97. The minimum absolute atomic E-state index is 0.142. The van der Waals surface area contributed by atoms with Gasteiger partial charge in [0.05, 0.1) is 17.9 Å². The van der Waals surface area contributed by atoms with Gasteiger partial charge in [-0.3, -0.25) is 4.79 Å². The molecule has 1 fully saturated rings. The van der Waals surface area contributed by atoms with E-state index in [0.717, 1.165) is 5.69 Å². The number of carbonyl (C=O) groups excluding carboxylic acids is 1. The van der Waals surface area contributed by atoms with E-state index in [4.69, 9.17) is 4.74 Å². The molecular weight excluding hydrogens is 388 g/mol. The van der Waals surface area contributed by atoms with Crippen molar-refractivity contribution >= 4 is 21.6 Å². The first-order chi connectivity index (χ1) is 13.8. The topological polar surface area (TPSA) is 75.7 Å². The Labute approximate surface area is 172 Å². The summed E-state index contributed by atoms with van der Waals surface area (Å²) in [4.78, 5) is 12.9. The molecule has 1 aliphatic rings. The quantitative estimate of drug-likeness (QED) is 0.776. The summed E-state index contributed by atoms with van der Waals surface area (Å²) in [6.07, 6.45) is 1.32. The molecule has 3 rings (SSSR count). The maximum absolute atomic E-state index is 13.0. The lowest BCUT2D eigenvalue weighted by Gasteiger charge is -2.31. The number of rotatable bonds is 6. The monoisotopic (exact) mass is 416 g/mol. The highest BCUT2D eigenvalue weighted by molar-refractivity contribution is 7.89. The van der Waals surface area contributed by atoms with Gasteiger partial charge in [-0.15, -0.1) is 0 Å². The Morgan fingerprint density at radius 1 is 1.10 bits per heavy atom. The molecule has 0 spiro atoms. The third-order valence-electron chi connectivity index (χ3n) is 5.30. The van der Waals surface area contributed by atoms with Gasteiger partial charge in [0.25, 0.3) is 0 Å². The van der Waals surface area contributed by atoms with E-state index >= 15 is 0 Å². The number of piperidine rings is 1. The Morgan fingerprint density at radius 2 is 1.76 bits per heavy atom. The van der Waals surface area contributed by atoms with E-state index in [9.17, 15) is 13.2 Å². The number of anilines is 1. The van der Waals surface area contributed by atoms with E-state index in [-0.39, 0.29) is 23.3 Å². The van der Waals surface area contributed by atoms with Crippen LogP contribution in [0.15, 0.2) is 53.4 Å². The van der Waals surface area contributed by atoms with Crippen LogP contribution in [0.1, 0.15) is 38.2 Å². The van der Waals surface area contributed by atoms with Gasteiger partial charge in [0.1, 0.15) is 5.75 Å². The molecule has 6 nitrogen and oxygen atoms in total. The summed E-state index contributed by atoms with van der Waals surface area (Å²) in [5.41, 5.74) is 1.94. The number of amides is 1. The van der Waals surface area contributed by atoms with Crippen LogP contribution < -0.4 is 10.1 Å². The molecule has 1 aliphatic heterocycles. The van der Waals surface area contributed by atoms with E-state index in [0.29, 0.717) is 31.1 Å². The first kappa shape index (κ1) is 21.3. The van der Waals surface area contributed by atoms with Crippen LogP contribution in [0.5, 0.6) is 5.75 Å². The maximum Gasteiger partial charge on any atom is 0.243 e. The van der Waals surface area contributed by atoms with Gasteiger partial charge in [0.2, 0.25) is 15.9 Å². The molecule has 0 aliphatic carbocycles. The van der Waals surface area contributed by atoms with E-state index in [2.05, 4.69) is 19.2 Å². The number of ether oxygens (including phenoxy) is 1. The number of methoxy groups -OCH3 is 1. The first-order valence-corrected chi connectivity index (χ1v) is 11.3. The maximum atomic E-state index is 13.0. The van der Waals surface area contributed by atoms with Crippen LogP contribution in [-0.2, 0) is 14.8 Å². The van der Waals surface area contributed by atoms with Crippen molar-refractivity contribution in [2.45, 2.75) is 37.5 Å². The van der Waals surface area contributed by atoms with Crippen molar-refractivity contribution in [3.8, 4) is 5.75 Å². The standard InChI is InChI=1S/C22H28N2O4S/c1-16(2)17-6-8-19(9-7-17)23-22(25)18-5-4-14-24(15-18)29(26,27)21-12-10-20(28-3)11-13-21/h6-13,16,18H,4-5,14-15H2,1-3H3,(H,23,25)/t18-/m1/s1. The van der Waals surface area contributed by atoms with Crippen molar-refractivity contribution < 1.29 is 17.9 Å². The molecule has 2 aromatic carbocycles. The van der Waals surface area contributed by atoms with E-state index < -0.39 is 10.0 Å². The van der Waals surface area contributed by atoms with Gasteiger partial charge in [0, 0.05) is 18.8 Å². The Kier molecular flexibility index (Phi) is 6.59. The van der Waals surface area contributed by atoms with Crippen molar-refractivity contribution in [2.24, 2.45) is 5.92 Å². The number of benzene rings is 2. The number of nitrogens with zero attached hydrogens (tertiary/aromatic N) is 1. The minimum Gasteiger partial charge on any atom is -0.497 e. The summed E-state index contributed by atoms with van der Waals surface area (Å²) >= 11 is 0. The SMILES string of the molecule is COc1ccc(S(=O)(=O)N2CCC[C@@H](C(=O)Nc3ccc(C(C)C)cc3)C2)cc1. The molecule has 1 atom stereocenters. The molecule has 2 aromatic rings. The summed E-state index contributed by atoms with van der Waals surface area (Å²) in [7, 11) is -2.11. The van der Waals surface area contributed by atoms with Gasteiger partial charge >= 0.3 is 0 Å². The average Bonchev–Trinajstić information content (AvgIpc) is 2.74. The predicted octanol–water partition coefficient (Wildman–Crippen LogP) is 3.86.